The molecule has 2 saturated heterocycles. The number of morpholine rings is 1. The van der Waals surface area contributed by atoms with E-state index in [4.69, 9.17) is 10.5 Å². The van der Waals surface area contributed by atoms with Crippen molar-refractivity contribution in [2.75, 3.05) is 53.0 Å². The molecule has 3 N–H and O–H groups in total. The first-order valence-electron chi connectivity index (χ1n) is 7.16. The minimum Gasteiger partial charge on any atom is -0.379 e. The van der Waals surface area contributed by atoms with Gasteiger partial charge in [0, 0.05) is 39.1 Å². The standard InChI is InChI=1S/C13H26N4O2/c1-16-6-3-13(14,4-7-16)15-12(18)2-5-17-8-10-19-11-9-17/h2-11,14H2,1H3,(H,15,18). The number of hydrogen-bond donors (Lipinski definition) is 2. The van der Waals surface area contributed by atoms with Crippen LogP contribution in [-0.4, -0.2) is 74.4 Å². The third kappa shape index (κ3) is 4.72. The van der Waals surface area contributed by atoms with Gasteiger partial charge in [0.15, 0.2) is 0 Å². The van der Waals surface area contributed by atoms with Gasteiger partial charge in [-0.25, -0.2) is 0 Å². The van der Waals surface area contributed by atoms with Crippen molar-refractivity contribution in [3.8, 4) is 0 Å². The van der Waals surface area contributed by atoms with Gasteiger partial charge in [0.1, 0.15) is 0 Å². The van der Waals surface area contributed by atoms with Gasteiger partial charge in [0.2, 0.25) is 5.91 Å². The summed E-state index contributed by atoms with van der Waals surface area (Å²) in [5.74, 6) is 0.0681. The molecule has 2 aliphatic rings. The second-order valence-corrected chi connectivity index (χ2v) is 5.71. The lowest BCUT2D eigenvalue weighted by molar-refractivity contribution is -0.124. The van der Waals surface area contributed by atoms with E-state index in [0.29, 0.717) is 6.42 Å². The number of amides is 1. The lowest BCUT2D eigenvalue weighted by atomic mass is 9.98. The average Bonchev–Trinajstić information content (AvgIpc) is 2.41. The van der Waals surface area contributed by atoms with Crippen molar-refractivity contribution in [3.05, 3.63) is 0 Å². The van der Waals surface area contributed by atoms with E-state index in [9.17, 15) is 4.79 Å². The number of piperidine rings is 1. The summed E-state index contributed by atoms with van der Waals surface area (Å²) in [5, 5.41) is 3.01. The van der Waals surface area contributed by atoms with Crippen molar-refractivity contribution < 1.29 is 9.53 Å². The molecule has 0 aromatic rings. The minimum absolute atomic E-state index is 0.0681. The third-order valence-corrected chi connectivity index (χ3v) is 4.03. The molecular weight excluding hydrogens is 244 g/mol. The highest BCUT2D eigenvalue weighted by Gasteiger charge is 2.30. The molecule has 0 aromatic carbocycles. The number of nitrogens with one attached hydrogen (secondary N) is 1. The summed E-state index contributed by atoms with van der Waals surface area (Å²) >= 11 is 0. The van der Waals surface area contributed by atoms with Gasteiger partial charge < -0.3 is 20.7 Å². The molecule has 0 aliphatic carbocycles. The van der Waals surface area contributed by atoms with Gasteiger partial charge in [-0.15, -0.1) is 0 Å². The normalized spacial score (nSPS) is 25.2. The first kappa shape index (κ1) is 14.7. The molecule has 0 aromatic heterocycles. The lowest BCUT2D eigenvalue weighted by Gasteiger charge is -2.38. The van der Waals surface area contributed by atoms with Gasteiger partial charge in [-0.3, -0.25) is 9.69 Å². The highest BCUT2D eigenvalue weighted by atomic mass is 16.5. The van der Waals surface area contributed by atoms with Gasteiger partial charge in [-0.05, 0) is 19.9 Å². The fourth-order valence-electron chi connectivity index (χ4n) is 2.57. The molecule has 6 nitrogen and oxygen atoms in total. The summed E-state index contributed by atoms with van der Waals surface area (Å²) < 4.78 is 5.29. The van der Waals surface area contributed by atoms with Crippen molar-refractivity contribution in [2.45, 2.75) is 24.9 Å². The van der Waals surface area contributed by atoms with Gasteiger partial charge in [-0.2, -0.15) is 0 Å². The lowest BCUT2D eigenvalue weighted by Crippen LogP contribution is -2.61. The quantitative estimate of drug-likeness (QED) is 0.655. The number of hydrogen-bond acceptors (Lipinski definition) is 5. The monoisotopic (exact) mass is 270 g/mol. The third-order valence-electron chi connectivity index (χ3n) is 4.03. The fraction of sp³-hybridized carbons (Fsp3) is 0.923. The highest BCUT2D eigenvalue weighted by molar-refractivity contribution is 5.76. The van der Waals surface area contributed by atoms with Gasteiger partial charge >= 0.3 is 0 Å². The number of rotatable bonds is 4. The van der Waals surface area contributed by atoms with Crippen LogP contribution in [0.15, 0.2) is 0 Å². The zero-order chi connectivity index (χ0) is 13.7. The Balaban J connectivity index is 1.68. The van der Waals surface area contributed by atoms with Crippen molar-refractivity contribution in [1.29, 1.82) is 0 Å². The van der Waals surface area contributed by atoms with Gasteiger partial charge in [0.25, 0.3) is 0 Å². The van der Waals surface area contributed by atoms with Crippen LogP contribution in [0.1, 0.15) is 19.3 Å². The van der Waals surface area contributed by atoms with Crippen molar-refractivity contribution in [2.24, 2.45) is 5.73 Å². The highest BCUT2D eigenvalue weighted by Crippen LogP contribution is 2.15. The van der Waals surface area contributed by atoms with E-state index in [0.717, 1.165) is 58.8 Å². The van der Waals surface area contributed by atoms with Gasteiger partial charge in [0.05, 0.1) is 18.9 Å². The Bertz CT molecular complexity index is 297. The Kier molecular flexibility index (Phi) is 5.15. The molecule has 0 saturated carbocycles. The minimum atomic E-state index is -0.505. The van der Waals surface area contributed by atoms with E-state index in [-0.39, 0.29) is 5.91 Å². The first-order chi connectivity index (χ1) is 9.07. The molecule has 0 atom stereocenters. The van der Waals surface area contributed by atoms with Crippen LogP contribution in [0, 0.1) is 0 Å². The summed E-state index contributed by atoms with van der Waals surface area (Å²) in [6, 6.07) is 0. The predicted octanol–water partition coefficient (Wildman–Crippen LogP) is -0.794. The van der Waals surface area contributed by atoms with E-state index in [1.165, 1.54) is 0 Å². The maximum absolute atomic E-state index is 12.0. The molecule has 0 unspecified atom stereocenters. The molecule has 2 aliphatic heterocycles. The van der Waals surface area contributed by atoms with E-state index >= 15 is 0 Å². The Morgan fingerprint density at radius 1 is 1.26 bits per heavy atom. The number of carbonyl (C=O) groups is 1. The molecular formula is C13H26N4O2. The number of carbonyl (C=O) groups excluding carboxylic acids is 1. The summed E-state index contributed by atoms with van der Waals surface area (Å²) in [6.07, 6.45) is 2.17. The Morgan fingerprint density at radius 2 is 1.89 bits per heavy atom. The summed E-state index contributed by atoms with van der Waals surface area (Å²) in [5.41, 5.74) is 5.73. The van der Waals surface area contributed by atoms with Crippen LogP contribution in [0.2, 0.25) is 0 Å². The molecule has 1 amide bonds. The van der Waals surface area contributed by atoms with Crippen molar-refractivity contribution >= 4 is 5.91 Å². The van der Waals surface area contributed by atoms with Gasteiger partial charge in [-0.1, -0.05) is 0 Å². The van der Waals surface area contributed by atoms with E-state index in [2.05, 4.69) is 22.2 Å². The number of nitrogens with zero attached hydrogens (tertiary/aromatic N) is 2. The molecule has 2 fully saturated rings. The molecule has 0 bridgehead atoms. The summed E-state index contributed by atoms with van der Waals surface area (Å²) in [6.45, 7) is 6.08. The second kappa shape index (κ2) is 6.65. The van der Waals surface area contributed by atoms with E-state index < -0.39 is 5.66 Å². The topological polar surface area (TPSA) is 70.8 Å². The van der Waals surface area contributed by atoms with E-state index in [1.54, 1.807) is 0 Å². The number of nitrogens with two attached hydrogens (primary N) is 1. The maximum Gasteiger partial charge on any atom is 0.222 e. The molecule has 0 spiro atoms. The predicted molar refractivity (Wildman–Crippen MR) is 73.7 cm³/mol. The van der Waals surface area contributed by atoms with Crippen molar-refractivity contribution in [3.63, 3.8) is 0 Å². The Morgan fingerprint density at radius 3 is 2.53 bits per heavy atom. The molecule has 0 radical (unpaired) electrons. The average molecular weight is 270 g/mol. The van der Waals surface area contributed by atoms with Crippen LogP contribution >= 0.6 is 0 Å². The van der Waals surface area contributed by atoms with Crippen LogP contribution in [0.5, 0.6) is 0 Å². The van der Waals surface area contributed by atoms with Crippen LogP contribution in [0.25, 0.3) is 0 Å². The zero-order valence-corrected chi connectivity index (χ0v) is 11.9. The van der Waals surface area contributed by atoms with Crippen LogP contribution in [-0.2, 0) is 9.53 Å². The number of likely N-dealkylation sites (tertiary alicyclic amines) is 1. The zero-order valence-electron chi connectivity index (χ0n) is 11.9. The van der Waals surface area contributed by atoms with E-state index in [1.807, 2.05) is 0 Å². The molecule has 110 valence electrons. The van der Waals surface area contributed by atoms with Crippen LogP contribution < -0.4 is 11.1 Å². The maximum atomic E-state index is 12.0. The SMILES string of the molecule is CN1CCC(N)(NC(=O)CCN2CCOCC2)CC1. The Hall–Kier alpha value is -0.690. The molecule has 6 heteroatoms. The summed E-state index contributed by atoms with van der Waals surface area (Å²) in [4.78, 5) is 16.5. The second-order valence-electron chi connectivity index (χ2n) is 5.71. The summed E-state index contributed by atoms with van der Waals surface area (Å²) in [7, 11) is 2.08. The molecule has 2 rings (SSSR count). The smallest absolute Gasteiger partial charge is 0.222 e. The Labute approximate surface area is 115 Å². The van der Waals surface area contributed by atoms with Crippen LogP contribution in [0.4, 0.5) is 0 Å². The first-order valence-corrected chi connectivity index (χ1v) is 7.16. The van der Waals surface area contributed by atoms with Crippen molar-refractivity contribution in [1.82, 2.24) is 15.1 Å². The largest absolute Gasteiger partial charge is 0.379 e. The van der Waals surface area contributed by atoms with Crippen LogP contribution in [0.3, 0.4) is 0 Å². The number of ether oxygens (including phenoxy) is 1. The fourth-order valence-corrected chi connectivity index (χ4v) is 2.57. The molecule has 2 heterocycles. The molecule has 19 heavy (non-hydrogen) atoms.